The van der Waals surface area contributed by atoms with Crippen LogP contribution in [0.5, 0.6) is 23.3 Å². The minimum absolute atomic E-state index is 0.0534. The Morgan fingerprint density at radius 1 is 0.531 bits per heavy atom. The van der Waals surface area contributed by atoms with Gasteiger partial charge in [-0.25, -0.2) is 73.9 Å². The van der Waals surface area contributed by atoms with Crippen molar-refractivity contribution in [3.63, 3.8) is 0 Å². The van der Waals surface area contributed by atoms with Crippen molar-refractivity contribution < 1.29 is 62.9 Å². The van der Waals surface area contributed by atoms with E-state index in [4.69, 9.17) is 18.9 Å². The molecule has 0 unspecified atom stereocenters. The van der Waals surface area contributed by atoms with E-state index in [2.05, 4.69) is 40.5 Å². The summed E-state index contributed by atoms with van der Waals surface area (Å²) in [7, 11) is -7.13. The fraction of sp³-hybridized carbons (Fsp3) is 0.429. The Morgan fingerprint density at radius 2 is 0.906 bits per heavy atom. The van der Waals surface area contributed by atoms with Crippen LogP contribution in [0.4, 0.5) is 39.0 Å². The first kappa shape index (κ1) is 71.5. The van der Waals surface area contributed by atoms with E-state index < -0.39 is 90.6 Å². The molecule has 0 spiro atoms. The Bertz CT molecular complexity index is 4110. The molecule has 4 aromatic heterocycles. The van der Waals surface area contributed by atoms with Gasteiger partial charge < -0.3 is 39.4 Å². The van der Waals surface area contributed by atoms with Crippen LogP contribution < -0.4 is 20.1 Å². The highest BCUT2D eigenvalue weighted by Crippen LogP contribution is 2.41. The van der Waals surface area contributed by atoms with Gasteiger partial charge in [0, 0.05) is 84.7 Å². The molecule has 26 heteroatoms. The molecule has 0 radical (unpaired) electrons. The van der Waals surface area contributed by atoms with Crippen LogP contribution in [-0.4, -0.2) is 142 Å². The lowest BCUT2D eigenvalue weighted by molar-refractivity contribution is 0.0117. The summed E-state index contributed by atoms with van der Waals surface area (Å²) in [6.07, 6.45) is 2.90. The summed E-state index contributed by atoms with van der Waals surface area (Å²) < 4.78 is 135. The number of ether oxygens (including phenoxy) is 4. The number of fused-ring (bicyclic) bond motifs is 2. The van der Waals surface area contributed by atoms with Gasteiger partial charge in [-0.15, -0.1) is 0 Å². The third kappa shape index (κ3) is 18.8. The molecular formula is C70H82F4N10O10S2. The highest BCUT2D eigenvalue weighted by Gasteiger charge is 2.35. The molecule has 0 saturated carbocycles. The number of sulfone groups is 2. The molecule has 2 saturated heterocycles. The maximum atomic E-state index is 15.1. The number of hydrogen-bond donors (Lipinski definition) is 2. The third-order valence-electron chi connectivity index (χ3n) is 15.3. The van der Waals surface area contributed by atoms with Crippen LogP contribution in [0.15, 0.2) is 110 Å². The van der Waals surface area contributed by atoms with Gasteiger partial charge in [0.2, 0.25) is 23.7 Å². The second-order valence-corrected chi connectivity index (χ2v) is 31.3. The van der Waals surface area contributed by atoms with Gasteiger partial charge in [-0.2, -0.15) is 0 Å². The SMILES string of the molecule is Cc1ccc2c(CS(=O)(=O)CC(C)C)c(F)ccc2c1Oc1ncccc1-c1ccnc(N[C@@H]2C[C@@H](F)CN(C(=O)OC(C)(C)C)C2)n1.Cc1ccc2c(CS(=O)(=O)CC(C)C)c(F)ccc2c1Oc1ncccc1-c1ccnc(N[C@H]2C[C@H](F)CN(C(=O)OC(C)(C)C)C2)n1. The van der Waals surface area contributed by atoms with Crippen LogP contribution in [0.2, 0.25) is 0 Å². The second-order valence-electron chi connectivity index (χ2n) is 27.1. The number of benzene rings is 4. The minimum Gasteiger partial charge on any atom is -0.444 e. The minimum atomic E-state index is -3.56. The van der Waals surface area contributed by atoms with Crippen LogP contribution in [-0.2, 0) is 40.7 Å². The van der Waals surface area contributed by atoms with E-state index in [0.29, 0.717) is 55.6 Å². The molecule has 20 nitrogen and oxygen atoms in total. The zero-order valence-electron chi connectivity index (χ0n) is 55.9. The van der Waals surface area contributed by atoms with Gasteiger partial charge in [-0.3, -0.25) is 0 Å². The third-order valence-corrected chi connectivity index (χ3v) is 19.1. The number of carbonyl (C=O) groups excluding carboxylic acids is 2. The summed E-state index contributed by atoms with van der Waals surface area (Å²) in [4.78, 5) is 54.8. The van der Waals surface area contributed by atoms with E-state index in [9.17, 15) is 35.2 Å². The highest BCUT2D eigenvalue weighted by molar-refractivity contribution is 7.90. The summed E-state index contributed by atoms with van der Waals surface area (Å²) in [5, 5.41) is 8.27. The number of anilines is 2. The topological polar surface area (TPSA) is 247 Å². The number of amides is 2. The zero-order chi connectivity index (χ0) is 69.6. The maximum Gasteiger partial charge on any atom is 0.410 e. The second kappa shape index (κ2) is 29.7. The van der Waals surface area contributed by atoms with Crippen LogP contribution in [0, 0.1) is 37.3 Å². The summed E-state index contributed by atoms with van der Waals surface area (Å²) >= 11 is 0. The molecule has 0 bridgehead atoms. The number of nitrogens with one attached hydrogen (secondary N) is 2. The first-order chi connectivity index (χ1) is 45.2. The number of hydrogen-bond acceptors (Lipinski definition) is 18. The number of aromatic nitrogens is 6. The summed E-state index contributed by atoms with van der Waals surface area (Å²) in [5.41, 5.74) is 2.24. The molecule has 8 aromatic rings. The van der Waals surface area contributed by atoms with Crippen molar-refractivity contribution in [2.75, 3.05) is 48.3 Å². The Kier molecular flexibility index (Phi) is 22.1. The molecule has 512 valence electrons. The number of likely N-dealkylation sites (tertiary alicyclic amines) is 2. The van der Waals surface area contributed by atoms with Gasteiger partial charge in [0.1, 0.15) is 46.7 Å². The van der Waals surface area contributed by atoms with Crippen LogP contribution in [0.1, 0.15) is 104 Å². The number of rotatable bonds is 18. The molecule has 2 aliphatic heterocycles. The predicted molar refractivity (Wildman–Crippen MR) is 362 cm³/mol. The first-order valence-electron chi connectivity index (χ1n) is 31.7. The van der Waals surface area contributed by atoms with E-state index in [0.717, 1.165) is 11.1 Å². The molecule has 10 rings (SSSR count). The maximum absolute atomic E-state index is 15.1. The molecule has 2 fully saturated rings. The smallest absolute Gasteiger partial charge is 0.410 e. The first-order valence-corrected chi connectivity index (χ1v) is 35.3. The quantitative estimate of drug-likeness (QED) is 0.0758. The van der Waals surface area contributed by atoms with E-state index in [1.807, 2.05) is 41.5 Å². The molecule has 0 aliphatic carbocycles. The number of halogens is 4. The average Bonchev–Trinajstić information content (AvgIpc) is 0.778. The standard InChI is InChI=1S/2C35H41F2N5O5S/c2*1-21(2)19-48(44,45)20-28-25-10-9-22(3)31(26(25)11-12-29(28)37)46-32-27(8-7-14-38-32)30-13-15-39-33(41-30)40-24-16-23(36)17-42(18-24)34(43)47-35(4,5)6/h2*7-15,21,23-24H,16-20H2,1-6H3,(H,39,40,41)/t2*23-,24-/m10/s1. The van der Waals surface area contributed by atoms with Gasteiger partial charge in [-0.05, 0) is 150 Å². The number of nitrogens with zero attached hydrogens (tertiary/aromatic N) is 8. The predicted octanol–water partition coefficient (Wildman–Crippen LogP) is 14.5. The molecule has 96 heavy (non-hydrogen) atoms. The van der Waals surface area contributed by atoms with E-state index in [-0.39, 0.29) is 97.1 Å². The van der Waals surface area contributed by atoms with Crippen LogP contribution >= 0.6 is 0 Å². The Balaban J connectivity index is 0.000000225. The Labute approximate surface area is 557 Å². The highest BCUT2D eigenvalue weighted by atomic mass is 32.2. The fourth-order valence-corrected chi connectivity index (χ4v) is 15.2. The number of pyridine rings is 2. The fourth-order valence-electron chi connectivity index (χ4n) is 11.5. The lowest BCUT2D eigenvalue weighted by atomic mass is 10.0. The number of carbonyl (C=O) groups is 2. The normalized spacial score (nSPS) is 17.1. The van der Waals surface area contributed by atoms with Crippen molar-refractivity contribution >= 4 is 65.3 Å². The molecule has 2 N–H and O–H groups in total. The van der Waals surface area contributed by atoms with Crippen LogP contribution in [0.3, 0.4) is 0 Å². The number of piperidine rings is 2. The lowest BCUT2D eigenvalue weighted by Crippen LogP contribution is -2.51. The molecule has 4 atom stereocenters. The van der Waals surface area contributed by atoms with Gasteiger partial charge >= 0.3 is 12.2 Å². The average molecular weight is 1360 g/mol. The summed E-state index contributed by atoms with van der Waals surface area (Å²) in [6, 6.07) is 22.1. The van der Waals surface area contributed by atoms with Crippen molar-refractivity contribution in [1.29, 1.82) is 0 Å². The van der Waals surface area contributed by atoms with E-state index in [1.165, 1.54) is 21.9 Å². The van der Waals surface area contributed by atoms with Crippen molar-refractivity contribution in [2.24, 2.45) is 11.8 Å². The molecular weight excluding hydrogens is 1280 g/mol. The van der Waals surface area contributed by atoms with Crippen molar-refractivity contribution in [3.05, 3.63) is 144 Å². The largest absolute Gasteiger partial charge is 0.444 e. The van der Waals surface area contributed by atoms with E-state index in [1.54, 1.807) is 139 Å². The molecule has 2 amide bonds. The zero-order valence-corrected chi connectivity index (χ0v) is 57.5. The van der Waals surface area contributed by atoms with Crippen molar-refractivity contribution in [2.45, 2.75) is 143 Å². The molecule has 4 aromatic carbocycles. The Morgan fingerprint density at radius 3 is 1.27 bits per heavy atom. The number of alkyl halides is 2. The summed E-state index contributed by atoms with van der Waals surface area (Å²) in [6.45, 7) is 21.8. The lowest BCUT2D eigenvalue weighted by Gasteiger charge is -2.36. The van der Waals surface area contributed by atoms with E-state index >= 15 is 8.78 Å². The van der Waals surface area contributed by atoms with Crippen molar-refractivity contribution in [1.82, 2.24) is 39.7 Å². The van der Waals surface area contributed by atoms with Crippen LogP contribution in [0.25, 0.3) is 44.1 Å². The summed E-state index contributed by atoms with van der Waals surface area (Å²) in [5.74, 6) is -0.651. The van der Waals surface area contributed by atoms with Gasteiger partial charge in [0.15, 0.2) is 19.7 Å². The van der Waals surface area contributed by atoms with Gasteiger partial charge in [0.05, 0.1) is 58.6 Å². The van der Waals surface area contributed by atoms with Crippen molar-refractivity contribution in [3.8, 4) is 45.8 Å². The number of aryl methyl sites for hydroxylation is 2. The van der Waals surface area contributed by atoms with Gasteiger partial charge in [0.25, 0.3) is 0 Å². The molecule has 2 aliphatic rings. The van der Waals surface area contributed by atoms with Gasteiger partial charge in [-0.1, -0.05) is 52.0 Å². The Hall–Kier alpha value is -8.78. The monoisotopic (exact) mass is 1360 g/mol. The molecule has 6 heterocycles.